The summed E-state index contributed by atoms with van der Waals surface area (Å²) in [4.78, 5) is 14.1. The molecule has 2 rings (SSSR count). The number of sulfonamides is 1. The van der Waals surface area contributed by atoms with Gasteiger partial charge in [-0.3, -0.25) is 9.10 Å². The molecule has 0 aliphatic rings. The van der Waals surface area contributed by atoms with Crippen LogP contribution in [0.2, 0.25) is 0 Å². The van der Waals surface area contributed by atoms with Crippen molar-refractivity contribution in [2.75, 3.05) is 24.7 Å². The summed E-state index contributed by atoms with van der Waals surface area (Å²) < 4.78 is 30.0. The van der Waals surface area contributed by atoms with Crippen molar-refractivity contribution in [2.45, 2.75) is 19.6 Å². The van der Waals surface area contributed by atoms with Gasteiger partial charge in [0, 0.05) is 20.6 Å². The van der Waals surface area contributed by atoms with Crippen molar-refractivity contribution in [1.29, 1.82) is 0 Å². The summed E-state index contributed by atoms with van der Waals surface area (Å²) >= 11 is 0. The molecule has 6 nitrogen and oxygen atoms in total. The van der Waals surface area contributed by atoms with Gasteiger partial charge in [0.05, 0.1) is 11.9 Å². The number of nitrogens with zero attached hydrogens (tertiary/aromatic N) is 2. The molecule has 1 amide bonds. The van der Waals surface area contributed by atoms with E-state index in [0.29, 0.717) is 18.0 Å². The average molecular weight is 376 g/mol. The number of amides is 1. The van der Waals surface area contributed by atoms with Crippen LogP contribution < -0.4 is 9.04 Å². The van der Waals surface area contributed by atoms with Gasteiger partial charge in [0.1, 0.15) is 5.75 Å². The first-order valence-electron chi connectivity index (χ1n) is 8.18. The van der Waals surface area contributed by atoms with Crippen molar-refractivity contribution in [3.05, 3.63) is 60.2 Å². The Hall–Kier alpha value is -2.54. The molecule has 0 fully saturated rings. The van der Waals surface area contributed by atoms with Crippen LogP contribution in [0, 0.1) is 0 Å². The van der Waals surface area contributed by atoms with Crippen LogP contribution in [0.15, 0.2) is 54.6 Å². The quantitative estimate of drug-likeness (QED) is 0.745. The Bertz CT molecular complexity index is 836. The zero-order valence-electron chi connectivity index (χ0n) is 15.4. The van der Waals surface area contributed by atoms with Gasteiger partial charge in [0.2, 0.25) is 10.0 Å². The summed E-state index contributed by atoms with van der Waals surface area (Å²) in [5.41, 5.74) is 1.57. The molecule has 26 heavy (non-hydrogen) atoms. The van der Waals surface area contributed by atoms with Crippen molar-refractivity contribution >= 4 is 21.6 Å². The smallest absolute Gasteiger partial charge is 0.263 e. The number of benzene rings is 2. The van der Waals surface area contributed by atoms with E-state index in [4.69, 9.17) is 4.74 Å². The molecule has 2 aromatic carbocycles. The minimum Gasteiger partial charge on any atom is -0.481 e. The van der Waals surface area contributed by atoms with Gasteiger partial charge in [0.25, 0.3) is 5.91 Å². The summed E-state index contributed by atoms with van der Waals surface area (Å²) in [6, 6.07) is 16.3. The van der Waals surface area contributed by atoms with Crippen LogP contribution in [0.3, 0.4) is 0 Å². The summed E-state index contributed by atoms with van der Waals surface area (Å²) in [6.45, 7) is 2.20. The molecular weight excluding hydrogens is 352 g/mol. The Morgan fingerprint density at radius 1 is 1.04 bits per heavy atom. The van der Waals surface area contributed by atoms with Gasteiger partial charge in [-0.25, -0.2) is 8.42 Å². The fraction of sp³-hybridized carbons (Fsp3) is 0.316. The highest BCUT2D eigenvalue weighted by Crippen LogP contribution is 2.21. The third-order valence-electron chi connectivity index (χ3n) is 4.00. The SMILES string of the molecule is CC(Oc1ccc(N(C)S(C)(=O)=O)cc1)C(=O)N(C)Cc1ccccc1. The molecule has 0 heterocycles. The minimum absolute atomic E-state index is 0.133. The maximum Gasteiger partial charge on any atom is 0.263 e. The first-order valence-corrected chi connectivity index (χ1v) is 10.0. The van der Waals surface area contributed by atoms with Gasteiger partial charge in [-0.15, -0.1) is 0 Å². The van der Waals surface area contributed by atoms with Crippen molar-refractivity contribution in [2.24, 2.45) is 0 Å². The molecule has 0 aliphatic carbocycles. The van der Waals surface area contributed by atoms with Crippen LogP contribution in [0.4, 0.5) is 5.69 Å². The first-order chi connectivity index (χ1) is 12.2. The van der Waals surface area contributed by atoms with Crippen LogP contribution >= 0.6 is 0 Å². The summed E-state index contributed by atoms with van der Waals surface area (Å²) in [5, 5.41) is 0. The molecule has 0 aliphatic heterocycles. The second-order valence-corrected chi connectivity index (χ2v) is 8.18. The molecule has 140 valence electrons. The van der Waals surface area contributed by atoms with E-state index in [2.05, 4.69) is 0 Å². The van der Waals surface area contributed by atoms with Crippen molar-refractivity contribution in [1.82, 2.24) is 4.90 Å². The van der Waals surface area contributed by atoms with Crippen molar-refractivity contribution in [3.63, 3.8) is 0 Å². The van der Waals surface area contributed by atoms with E-state index in [1.165, 1.54) is 11.4 Å². The normalized spacial score (nSPS) is 12.3. The lowest BCUT2D eigenvalue weighted by Crippen LogP contribution is -2.37. The van der Waals surface area contributed by atoms with Crippen LogP contribution in [0.1, 0.15) is 12.5 Å². The van der Waals surface area contributed by atoms with Gasteiger partial charge >= 0.3 is 0 Å². The van der Waals surface area contributed by atoms with E-state index < -0.39 is 16.1 Å². The first kappa shape index (κ1) is 19.8. The van der Waals surface area contributed by atoms with E-state index in [0.717, 1.165) is 11.8 Å². The van der Waals surface area contributed by atoms with Gasteiger partial charge in [0.15, 0.2) is 6.10 Å². The van der Waals surface area contributed by atoms with Gasteiger partial charge < -0.3 is 9.64 Å². The highest BCUT2D eigenvalue weighted by Gasteiger charge is 2.19. The standard InChI is InChI=1S/C19H24N2O4S/c1-15(19(22)20(2)14-16-8-6-5-7-9-16)25-18-12-10-17(11-13-18)21(3)26(4,23)24/h5-13,15H,14H2,1-4H3. The molecule has 0 N–H and O–H groups in total. The molecule has 0 aromatic heterocycles. The summed E-state index contributed by atoms with van der Waals surface area (Å²) in [5.74, 6) is 0.371. The van der Waals surface area contributed by atoms with Crippen LogP contribution in [-0.4, -0.2) is 45.7 Å². The number of ether oxygens (including phenoxy) is 1. The molecule has 2 aromatic rings. The summed E-state index contributed by atoms with van der Waals surface area (Å²) in [6.07, 6.45) is 0.489. The van der Waals surface area contributed by atoms with E-state index in [9.17, 15) is 13.2 Å². The molecule has 0 saturated carbocycles. The van der Waals surface area contributed by atoms with Gasteiger partial charge in [-0.1, -0.05) is 30.3 Å². The van der Waals surface area contributed by atoms with E-state index in [-0.39, 0.29) is 5.91 Å². The maximum atomic E-state index is 12.5. The highest BCUT2D eigenvalue weighted by molar-refractivity contribution is 7.92. The second kappa shape index (κ2) is 8.23. The molecule has 0 bridgehead atoms. The molecule has 1 unspecified atom stereocenters. The lowest BCUT2D eigenvalue weighted by molar-refractivity contribution is -0.137. The predicted molar refractivity (Wildman–Crippen MR) is 103 cm³/mol. The molecular formula is C19H24N2O4S. The Morgan fingerprint density at radius 3 is 2.15 bits per heavy atom. The van der Waals surface area contributed by atoms with Gasteiger partial charge in [-0.05, 0) is 36.8 Å². The van der Waals surface area contributed by atoms with E-state index in [1.807, 2.05) is 30.3 Å². The topological polar surface area (TPSA) is 66.9 Å². The fourth-order valence-corrected chi connectivity index (χ4v) is 2.93. The number of rotatable bonds is 7. The zero-order chi connectivity index (χ0) is 19.3. The molecule has 7 heteroatoms. The average Bonchev–Trinajstić information content (AvgIpc) is 2.61. The number of likely N-dealkylation sites (N-methyl/N-ethyl adjacent to an activating group) is 1. The number of anilines is 1. The Kier molecular flexibility index (Phi) is 6.26. The largest absolute Gasteiger partial charge is 0.481 e. The molecule has 0 spiro atoms. The Balaban J connectivity index is 1.98. The molecule has 0 radical (unpaired) electrons. The lowest BCUT2D eigenvalue weighted by Gasteiger charge is -2.22. The second-order valence-electron chi connectivity index (χ2n) is 6.16. The van der Waals surface area contributed by atoms with Gasteiger partial charge in [-0.2, -0.15) is 0 Å². The number of hydrogen-bond acceptors (Lipinski definition) is 4. The highest BCUT2D eigenvalue weighted by atomic mass is 32.2. The third-order valence-corrected chi connectivity index (χ3v) is 5.20. The van der Waals surface area contributed by atoms with Crippen LogP contribution in [0.25, 0.3) is 0 Å². The third kappa shape index (κ3) is 5.23. The fourth-order valence-electron chi connectivity index (χ4n) is 2.43. The van der Waals surface area contributed by atoms with Crippen LogP contribution in [-0.2, 0) is 21.4 Å². The molecule has 0 saturated heterocycles. The zero-order valence-corrected chi connectivity index (χ0v) is 16.2. The number of carbonyl (C=O) groups excluding carboxylic acids is 1. The van der Waals surface area contributed by atoms with Crippen LogP contribution in [0.5, 0.6) is 5.75 Å². The monoisotopic (exact) mass is 376 g/mol. The number of carbonyl (C=O) groups is 1. The Morgan fingerprint density at radius 2 is 1.62 bits per heavy atom. The predicted octanol–water partition coefficient (Wildman–Crippen LogP) is 2.51. The maximum absolute atomic E-state index is 12.5. The summed E-state index contributed by atoms with van der Waals surface area (Å²) in [7, 11) is -0.0970. The Labute approximate surface area is 155 Å². The molecule has 1 atom stereocenters. The van der Waals surface area contributed by atoms with Crippen molar-refractivity contribution in [3.8, 4) is 5.75 Å². The number of hydrogen-bond donors (Lipinski definition) is 0. The van der Waals surface area contributed by atoms with E-state index >= 15 is 0 Å². The van der Waals surface area contributed by atoms with E-state index in [1.54, 1.807) is 43.1 Å². The van der Waals surface area contributed by atoms with Crippen molar-refractivity contribution < 1.29 is 17.9 Å². The minimum atomic E-state index is -3.31. The lowest BCUT2D eigenvalue weighted by atomic mass is 10.2.